The molecule has 0 amide bonds. The molecule has 3 aliphatic rings. The van der Waals surface area contributed by atoms with Crippen molar-refractivity contribution in [3.05, 3.63) is 35.0 Å². The van der Waals surface area contributed by atoms with Gasteiger partial charge in [0.2, 0.25) is 0 Å². The van der Waals surface area contributed by atoms with E-state index in [1.54, 1.807) is 4.68 Å². The Labute approximate surface area is 260 Å². The summed E-state index contributed by atoms with van der Waals surface area (Å²) in [5.41, 5.74) is 1.85. The summed E-state index contributed by atoms with van der Waals surface area (Å²) in [7, 11) is 0. The van der Waals surface area contributed by atoms with Crippen molar-refractivity contribution in [3.63, 3.8) is 0 Å². The second kappa shape index (κ2) is 14.6. The van der Waals surface area contributed by atoms with Crippen LogP contribution in [0.3, 0.4) is 0 Å². The van der Waals surface area contributed by atoms with Gasteiger partial charge >= 0.3 is 6.18 Å². The number of halogens is 4. The summed E-state index contributed by atoms with van der Waals surface area (Å²) in [5.74, 6) is 0.0893. The Kier molecular flexibility index (Phi) is 11.1. The van der Waals surface area contributed by atoms with E-state index in [4.69, 9.17) is 5.10 Å². The van der Waals surface area contributed by atoms with Crippen LogP contribution in [0, 0.1) is 0 Å². The number of aliphatic hydroxyl groups is 2. The predicted octanol–water partition coefficient (Wildman–Crippen LogP) is 3.91. The molecule has 0 radical (unpaired) electrons. The van der Waals surface area contributed by atoms with Crippen LogP contribution in [0.2, 0.25) is 0 Å². The molecule has 1 aromatic heterocycles. The Balaban J connectivity index is 1.41. The molecule has 0 aliphatic carbocycles. The number of ketones is 1. The van der Waals surface area contributed by atoms with E-state index in [0.717, 1.165) is 55.0 Å². The summed E-state index contributed by atoms with van der Waals surface area (Å²) < 4.78 is 57.3. The normalized spacial score (nSPS) is 22.1. The first-order valence-electron chi connectivity index (χ1n) is 15.6. The van der Waals surface area contributed by atoms with Gasteiger partial charge in [-0.05, 0) is 57.8 Å². The number of thioether (sulfide) groups is 1. The summed E-state index contributed by atoms with van der Waals surface area (Å²) in [6, 6.07) is 3.43. The van der Waals surface area contributed by atoms with Crippen molar-refractivity contribution in [2.45, 2.75) is 94.0 Å². The van der Waals surface area contributed by atoms with Gasteiger partial charge < -0.3 is 25.3 Å². The molecule has 3 atom stereocenters. The van der Waals surface area contributed by atoms with Gasteiger partial charge in [-0.2, -0.15) is 18.3 Å². The fourth-order valence-electron chi connectivity index (χ4n) is 6.44. The van der Waals surface area contributed by atoms with Crippen molar-refractivity contribution in [1.29, 1.82) is 0 Å². The van der Waals surface area contributed by atoms with E-state index in [0.29, 0.717) is 56.0 Å². The maximum absolute atomic E-state index is 14.0. The molecule has 2 aromatic rings. The number of nitrogens with zero attached hydrogens (tertiary/aromatic N) is 4. The summed E-state index contributed by atoms with van der Waals surface area (Å²) in [6.07, 6.45) is -2.68. The number of rotatable bonds is 11. The topological polar surface area (TPSA) is 93.9 Å². The quantitative estimate of drug-likeness (QED) is 0.252. The number of likely N-dealkylation sites (tertiary alicyclic amines) is 2. The third kappa shape index (κ3) is 8.21. The van der Waals surface area contributed by atoms with E-state index in [1.165, 1.54) is 25.5 Å². The molecule has 0 saturated carbocycles. The Bertz CT molecular complexity index is 1280. The van der Waals surface area contributed by atoms with Gasteiger partial charge in [0.1, 0.15) is 12.3 Å². The van der Waals surface area contributed by atoms with Gasteiger partial charge in [-0.15, -0.1) is 11.8 Å². The molecule has 13 heteroatoms. The van der Waals surface area contributed by atoms with Gasteiger partial charge in [-0.1, -0.05) is 12.5 Å². The third-order valence-corrected chi connectivity index (χ3v) is 9.92. The minimum Gasteiger partial charge on any atom is -0.390 e. The number of nitrogens with one attached hydrogen (secondary N) is 1. The molecule has 4 heterocycles. The third-order valence-electron chi connectivity index (χ3n) is 8.89. The first kappa shape index (κ1) is 33.3. The van der Waals surface area contributed by atoms with Crippen LogP contribution in [0.1, 0.15) is 55.8 Å². The van der Waals surface area contributed by atoms with Gasteiger partial charge in [-0.3, -0.25) is 9.48 Å². The molecule has 5 rings (SSSR count). The number of fused-ring (bicyclic) bond motifs is 1. The highest BCUT2D eigenvalue weighted by Crippen LogP contribution is 2.40. The Morgan fingerprint density at radius 3 is 2.50 bits per heavy atom. The number of carbonyl (C=O) groups is 1. The van der Waals surface area contributed by atoms with Gasteiger partial charge in [0.05, 0.1) is 29.9 Å². The number of piperidine rings is 2. The van der Waals surface area contributed by atoms with Crippen LogP contribution >= 0.6 is 11.8 Å². The summed E-state index contributed by atoms with van der Waals surface area (Å²) in [4.78, 5) is 17.1. The molecule has 2 saturated heterocycles. The number of hydrogen-bond donors (Lipinski definition) is 3. The van der Waals surface area contributed by atoms with Gasteiger partial charge in [0.25, 0.3) is 0 Å². The maximum Gasteiger partial charge on any atom is 0.417 e. The predicted molar refractivity (Wildman–Crippen MR) is 161 cm³/mol. The van der Waals surface area contributed by atoms with Crippen LogP contribution in [0.5, 0.6) is 0 Å². The largest absolute Gasteiger partial charge is 0.417 e. The fourth-order valence-corrected chi connectivity index (χ4v) is 7.56. The minimum atomic E-state index is -4.53. The van der Waals surface area contributed by atoms with Gasteiger partial charge in [0.15, 0.2) is 5.78 Å². The van der Waals surface area contributed by atoms with E-state index < -0.39 is 36.2 Å². The van der Waals surface area contributed by atoms with Crippen molar-refractivity contribution in [3.8, 4) is 11.3 Å². The molecule has 3 N–H and O–H groups in total. The zero-order valence-corrected chi connectivity index (χ0v) is 26.0. The molecule has 3 aliphatic heterocycles. The number of Topliss-reactive ketones (excluding diaryl/α,β-unsaturated/α-hetero) is 1. The first-order valence-corrected chi connectivity index (χ1v) is 16.6. The van der Waals surface area contributed by atoms with Crippen LogP contribution in [-0.4, -0.2) is 105 Å². The van der Waals surface area contributed by atoms with Gasteiger partial charge in [-0.25, -0.2) is 4.39 Å². The SMILES string of the molecule is C[C@H](O)C(=O)C1Cc2c(c(-c3ccc(C(F)(F)F)c(SCCN4CCC(F)CC4)c3)nn2C[C@H](O)CN2CCCCC2)CN1. The number of hydrogen-bond acceptors (Lipinski definition) is 8. The Morgan fingerprint density at radius 2 is 1.82 bits per heavy atom. The lowest BCUT2D eigenvalue weighted by molar-refractivity contribution is -0.139. The Hall–Kier alpha value is -2.03. The molecule has 8 nitrogen and oxygen atoms in total. The molecule has 0 spiro atoms. The molecule has 1 aromatic carbocycles. The maximum atomic E-state index is 14.0. The van der Waals surface area contributed by atoms with Crippen LogP contribution in [0.25, 0.3) is 11.3 Å². The van der Waals surface area contributed by atoms with E-state index in [1.807, 2.05) is 0 Å². The number of benzene rings is 1. The van der Waals surface area contributed by atoms with E-state index in [2.05, 4.69) is 15.1 Å². The zero-order chi connectivity index (χ0) is 31.4. The second-order valence-electron chi connectivity index (χ2n) is 12.3. The standard InChI is InChI=1S/C31H43F4N5O3S/c1-20(41)30(43)26-16-27-24(17-36-26)29(37-40(27)19-23(42)18-39-9-3-2-4-10-39)21-5-6-25(31(33,34)35)28(15-21)44-14-13-38-11-7-22(32)8-12-38/h5-6,15,20,22-23,26,36,41-42H,2-4,7-14,16-19H2,1H3/t20-,23+,26?/m0/s1. The molecule has 0 bridgehead atoms. The molecule has 244 valence electrons. The molecular formula is C31H43F4N5O3S. The number of β-amino-alcohol motifs (C(OH)–C–C–N with tert-alkyl or cyclic N) is 1. The van der Waals surface area contributed by atoms with Crippen molar-refractivity contribution in [2.75, 3.05) is 45.0 Å². The zero-order valence-electron chi connectivity index (χ0n) is 25.2. The fraction of sp³-hybridized carbons (Fsp3) is 0.677. The summed E-state index contributed by atoms with van der Waals surface area (Å²) in [6.45, 7) is 5.98. The lowest BCUT2D eigenvalue weighted by Crippen LogP contribution is -2.46. The number of aromatic nitrogens is 2. The van der Waals surface area contributed by atoms with Crippen molar-refractivity contribution in [2.24, 2.45) is 0 Å². The smallest absolute Gasteiger partial charge is 0.390 e. The average Bonchev–Trinajstić information content (AvgIpc) is 3.34. The summed E-state index contributed by atoms with van der Waals surface area (Å²) in [5, 5.41) is 28.9. The second-order valence-corrected chi connectivity index (χ2v) is 13.4. The lowest BCUT2D eigenvalue weighted by Gasteiger charge is -2.29. The monoisotopic (exact) mass is 641 g/mol. The van der Waals surface area contributed by atoms with E-state index in [9.17, 15) is 32.6 Å². The Morgan fingerprint density at radius 1 is 1.09 bits per heavy atom. The van der Waals surface area contributed by atoms with E-state index >= 15 is 0 Å². The van der Waals surface area contributed by atoms with Crippen LogP contribution in [0.15, 0.2) is 23.1 Å². The summed E-state index contributed by atoms with van der Waals surface area (Å²) >= 11 is 1.14. The van der Waals surface area contributed by atoms with Crippen LogP contribution < -0.4 is 5.32 Å². The van der Waals surface area contributed by atoms with Crippen LogP contribution in [-0.2, 0) is 30.5 Å². The highest BCUT2D eigenvalue weighted by molar-refractivity contribution is 7.99. The highest BCUT2D eigenvalue weighted by atomic mass is 32.2. The number of aliphatic hydroxyl groups excluding tert-OH is 2. The molecular weight excluding hydrogens is 598 g/mol. The molecule has 1 unspecified atom stereocenters. The van der Waals surface area contributed by atoms with E-state index in [-0.39, 0.29) is 30.2 Å². The molecule has 2 fully saturated rings. The number of alkyl halides is 4. The first-order chi connectivity index (χ1) is 21.0. The van der Waals surface area contributed by atoms with Crippen LogP contribution in [0.4, 0.5) is 17.6 Å². The van der Waals surface area contributed by atoms with Crippen molar-refractivity contribution in [1.82, 2.24) is 24.9 Å². The molecule has 44 heavy (non-hydrogen) atoms. The minimum absolute atomic E-state index is 0.106. The average molecular weight is 642 g/mol. The van der Waals surface area contributed by atoms with Crippen molar-refractivity contribution >= 4 is 17.5 Å². The number of carbonyl (C=O) groups excluding carboxylic acids is 1. The van der Waals surface area contributed by atoms with Crippen molar-refractivity contribution < 1.29 is 32.6 Å². The highest BCUT2D eigenvalue weighted by Gasteiger charge is 2.36. The lowest BCUT2D eigenvalue weighted by atomic mass is 9.94. The van der Waals surface area contributed by atoms with Gasteiger partial charge in [0, 0.05) is 66.6 Å².